The Balaban J connectivity index is 1.31. The van der Waals surface area contributed by atoms with Crippen molar-refractivity contribution in [1.82, 2.24) is 4.98 Å². The van der Waals surface area contributed by atoms with E-state index in [1.165, 1.54) is 17.7 Å². The lowest BCUT2D eigenvalue weighted by molar-refractivity contribution is 0.0925. The number of para-hydroxylation sites is 1. The molecule has 1 aliphatic heterocycles. The third kappa shape index (κ3) is 3.06. The van der Waals surface area contributed by atoms with Gasteiger partial charge in [0.25, 0.3) is 17.7 Å². The highest BCUT2D eigenvalue weighted by molar-refractivity contribution is 6.34. The number of carbonyl (C=O) groups excluding carboxylic acids is 3. The largest absolute Gasteiger partial charge is 0.358 e. The van der Waals surface area contributed by atoms with Crippen molar-refractivity contribution in [2.75, 3.05) is 10.2 Å². The molecule has 0 spiro atoms. The molecule has 1 aromatic heterocycles. The van der Waals surface area contributed by atoms with Crippen LogP contribution in [0.2, 0.25) is 0 Å². The fourth-order valence-electron chi connectivity index (χ4n) is 4.96. The molecule has 0 radical (unpaired) electrons. The van der Waals surface area contributed by atoms with E-state index in [1.54, 1.807) is 48.5 Å². The van der Waals surface area contributed by atoms with Crippen molar-refractivity contribution in [3.05, 3.63) is 94.7 Å². The minimum atomic E-state index is -0.360. The van der Waals surface area contributed by atoms with Gasteiger partial charge in [-0.15, -0.1) is 0 Å². The molecule has 1 aliphatic carbocycles. The van der Waals surface area contributed by atoms with Crippen LogP contribution in [-0.2, 0) is 12.8 Å². The van der Waals surface area contributed by atoms with Crippen LogP contribution in [0.25, 0.3) is 10.9 Å². The van der Waals surface area contributed by atoms with E-state index in [4.69, 9.17) is 0 Å². The molecule has 0 unspecified atom stereocenters. The minimum Gasteiger partial charge on any atom is -0.358 e. The second kappa shape index (κ2) is 7.45. The second-order valence-electron chi connectivity index (χ2n) is 8.51. The van der Waals surface area contributed by atoms with Crippen molar-refractivity contribution >= 4 is 40.0 Å². The summed E-state index contributed by atoms with van der Waals surface area (Å²) in [5.74, 6) is -0.958. The van der Waals surface area contributed by atoms with E-state index in [9.17, 15) is 14.4 Å². The summed E-state index contributed by atoms with van der Waals surface area (Å²) in [7, 11) is 0. The van der Waals surface area contributed by atoms with E-state index < -0.39 is 0 Å². The molecular weight excluding hydrogens is 414 g/mol. The molecule has 4 aromatic rings. The number of hydrogen-bond donors (Lipinski definition) is 2. The summed E-state index contributed by atoms with van der Waals surface area (Å²) >= 11 is 0. The van der Waals surface area contributed by atoms with Crippen molar-refractivity contribution < 1.29 is 14.4 Å². The maximum absolute atomic E-state index is 13.2. The van der Waals surface area contributed by atoms with Crippen LogP contribution in [0.4, 0.5) is 11.4 Å². The molecule has 6 heteroatoms. The van der Waals surface area contributed by atoms with E-state index in [2.05, 4.69) is 16.4 Å². The molecule has 0 saturated heterocycles. The van der Waals surface area contributed by atoms with Crippen molar-refractivity contribution in [2.24, 2.45) is 0 Å². The topological polar surface area (TPSA) is 82.3 Å². The van der Waals surface area contributed by atoms with Crippen LogP contribution in [0.15, 0.2) is 66.7 Å². The Morgan fingerprint density at radius 2 is 1.58 bits per heavy atom. The number of anilines is 2. The van der Waals surface area contributed by atoms with Gasteiger partial charge in [0.05, 0.1) is 27.9 Å². The Labute approximate surface area is 190 Å². The Kier molecular flexibility index (Phi) is 4.40. The Morgan fingerprint density at radius 3 is 2.36 bits per heavy atom. The summed E-state index contributed by atoms with van der Waals surface area (Å²) in [6, 6.07) is 19.4. The molecule has 0 bridgehead atoms. The average molecular weight is 435 g/mol. The number of nitrogens with zero attached hydrogens (tertiary/aromatic N) is 1. The fraction of sp³-hybridized carbons (Fsp3) is 0.148. The summed E-state index contributed by atoms with van der Waals surface area (Å²) in [5.41, 5.74) is 5.70. The van der Waals surface area contributed by atoms with Crippen LogP contribution in [0.3, 0.4) is 0 Å². The molecule has 6 nitrogen and oxygen atoms in total. The quantitative estimate of drug-likeness (QED) is 0.439. The van der Waals surface area contributed by atoms with Crippen molar-refractivity contribution in [3.8, 4) is 0 Å². The molecule has 6 rings (SSSR count). The van der Waals surface area contributed by atoms with E-state index >= 15 is 0 Å². The fourth-order valence-corrected chi connectivity index (χ4v) is 4.96. The normalized spacial score (nSPS) is 15.0. The SMILES string of the molecule is O=C(Nc1cccc(N2C(=O)c3ccccc3C2=O)c1)c1cccc2c3c([nH]c12)CCCC3. The predicted molar refractivity (Wildman–Crippen MR) is 127 cm³/mol. The maximum Gasteiger partial charge on any atom is 0.266 e. The van der Waals surface area contributed by atoms with Crippen molar-refractivity contribution in [2.45, 2.75) is 25.7 Å². The van der Waals surface area contributed by atoms with E-state index in [0.29, 0.717) is 28.1 Å². The van der Waals surface area contributed by atoms with Gasteiger partial charge in [-0.1, -0.05) is 30.3 Å². The summed E-state index contributed by atoms with van der Waals surface area (Å²) < 4.78 is 0. The van der Waals surface area contributed by atoms with Crippen LogP contribution in [-0.4, -0.2) is 22.7 Å². The van der Waals surface area contributed by atoms with Gasteiger partial charge in [-0.05, 0) is 67.6 Å². The highest BCUT2D eigenvalue weighted by Gasteiger charge is 2.36. The first-order valence-electron chi connectivity index (χ1n) is 11.1. The molecule has 2 aliphatic rings. The van der Waals surface area contributed by atoms with Gasteiger partial charge < -0.3 is 10.3 Å². The minimum absolute atomic E-state index is 0.237. The number of aryl methyl sites for hydroxylation is 2. The van der Waals surface area contributed by atoms with Gasteiger partial charge in [0.1, 0.15) is 0 Å². The van der Waals surface area contributed by atoms with Gasteiger partial charge in [0.2, 0.25) is 0 Å². The number of aromatic amines is 1. The van der Waals surface area contributed by atoms with Gasteiger partial charge in [0, 0.05) is 16.8 Å². The number of H-pyrrole nitrogens is 1. The van der Waals surface area contributed by atoms with E-state index in [1.807, 2.05) is 12.1 Å². The highest BCUT2D eigenvalue weighted by atomic mass is 16.2. The van der Waals surface area contributed by atoms with Gasteiger partial charge in [-0.2, -0.15) is 0 Å². The molecule has 162 valence electrons. The lowest BCUT2D eigenvalue weighted by Crippen LogP contribution is -2.29. The van der Waals surface area contributed by atoms with E-state index in [-0.39, 0.29) is 17.7 Å². The number of amides is 3. The first-order chi connectivity index (χ1) is 16.1. The lowest BCUT2D eigenvalue weighted by atomic mass is 9.95. The summed E-state index contributed by atoms with van der Waals surface area (Å²) in [6.45, 7) is 0. The van der Waals surface area contributed by atoms with Gasteiger partial charge in [-0.25, -0.2) is 4.90 Å². The Morgan fingerprint density at radius 1 is 0.848 bits per heavy atom. The lowest BCUT2D eigenvalue weighted by Gasteiger charge is -2.15. The third-order valence-electron chi connectivity index (χ3n) is 6.53. The Bertz CT molecular complexity index is 1430. The van der Waals surface area contributed by atoms with Crippen LogP contribution in [0, 0.1) is 0 Å². The molecule has 33 heavy (non-hydrogen) atoms. The van der Waals surface area contributed by atoms with Gasteiger partial charge in [-0.3, -0.25) is 14.4 Å². The molecule has 0 saturated carbocycles. The molecule has 0 atom stereocenters. The zero-order valence-electron chi connectivity index (χ0n) is 17.9. The van der Waals surface area contributed by atoms with Gasteiger partial charge in [0.15, 0.2) is 0 Å². The number of rotatable bonds is 3. The molecular formula is C27H21N3O3. The van der Waals surface area contributed by atoms with E-state index in [0.717, 1.165) is 35.1 Å². The monoisotopic (exact) mass is 435 g/mol. The second-order valence-corrected chi connectivity index (χ2v) is 8.51. The van der Waals surface area contributed by atoms with Gasteiger partial charge >= 0.3 is 0 Å². The first-order valence-corrected chi connectivity index (χ1v) is 11.1. The number of aromatic nitrogens is 1. The number of nitrogens with one attached hydrogen (secondary N) is 2. The summed E-state index contributed by atoms with van der Waals surface area (Å²) in [5, 5.41) is 4.05. The number of benzene rings is 3. The highest BCUT2D eigenvalue weighted by Crippen LogP contribution is 2.32. The average Bonchev–Trinajstić information content (AvgIpc) is 3.34. The van der Waals surface area contributed by atoms with Crippen LogP contribution in [0.5, 0.6) is 0 Å². The van der Waals surface area contributed by atoms with Crippen LogP contribution in [0.1, 0.15) is 55.2 Å². The number of fused-ring (bicyclic) bond motifs is 4. The van der Waals surface area contributed by atoms with Crippen LogP contribution < -0.4 is 10.2 Å². The maximum atomic E-state index is 13.2. The number of imide groups is 1. The zero-order chi connectivity index (χ0) is 22.5. The smallest absolute Gasteiger partial charge is 0.266 e. The Hall–Kier alpha value is -4.19. The summed E-state index contributed by atoms with van der Waals surface area (Å²) in [6.07, 6.45) is 4.36. The summed E-state index contributed by atoms with van der Waals surface area (Å²) in [4.78, 5) is 43.5. The molecule has 0 fully saturated rings. The number of hydrogen-bond acceptors (Lipinski definition) is 3. The van der Waals surface area contributed by atoms with Crippen molar-refractivity contribution in [3.63, 3.8) is 0 Å². The van der Waals surface area contributed by atoms with Crippen molar-refractivity contribution in [1.29, 1.82) is 0 Å². The predicted octanol–water partition coefficient (Wildman–Crippen LogP) is 5.10. The molecule has 3 aromatic carbocycles. The molecule has 2 N–H and O–H groups in total. The standard InChI is InChI=1S/C27H21N3O3/c31-25(22-13-6-12-19-18-9-3-4-14-23(18)29-24(19)22)28-16-7-5-8-17(15-16)30-26(32)20-10-1-2-11-21(20)27(30)33/h1-2,5-8,10-13,15,29H,3-4,9,14H2,(H,28,31). The first kappa shape index (κ1) is 19.5. The molecule has 3 amide bonds. The molecule has 2 heterocycles. The third-order valence-corrected chi connectivity index (χ3v) is 6.53. The number of carbonyl (C=O) groups is 3. The van der Waals surface area contributed by atoms with Crippen LogP contribution >= 0.6 is 0 Å². The zero-order valence-corrected chi connectivity index (χ0v) is 17.9.